The fourth-order valence-electron chi connectivity index (χ4n) is 5.23. The van der Waals surface area contributed by atoms with E-state index in [0.29, 0.717) is 5.54 Å². The van der Waals surface area contributed by atoms with E-state index in [0.717, 1.165) is 29.4 Å². The number of thiocarbonyl (C=S) groups is 1. The summed E-state index contributed by atoms with van der Waals surface area (Å²) in [4.78, 5) is 4.14. The van der Waals surface area contributed by atoms with Crippen molar-refractivity contribution >= 4 is 17.3 Å². The van der Waals surface area contributed by atoms with Gasteiger partial charge in [0.05, 0.1) is 0 Å². The Balaban J connectivity index is 1.36. The standard InChI is InChI=1S/C17H23N3S/c21-16(19-11-12-2-1-3-18-10-12)20-17-7-13-4-14(8-17)6-15(5-13)9-17/h1-3,10,13-15H,4-9,11H2,(H2,19,20,21). The molecule has 0 radical (unpaired) electrons. The number of rotatable bonds is 3. The summed E-state index contributed by atoms with van der Waals surface area (Å²) in [6, 6.07) is 4.04. The second kappa shape index (κ2) is 5.24. The molecule has 4 bridgehead atoms. The van der Waals surface area contributed by atoms with Crippen LogP contribution in [0.15, 0.2) is 24.5 Å². The molecule has 0 unspecified atom stereocenters. The van der Waals surface area contributed by atoms with Crippen LogP contribution in [0.5, 0.6) is 0 Å². The number of aromatic nitrogens is 1. The van der Waals surface area contributed by atoms with Crippen LogP contribution in [0.25, 0.3) is 0 Å². The van der Waals surface area contributed by atoms with Gasteiger partial charge in [-0.25, -0.2) is 0 Å². The molecule has 2 N–H and O–H groups in total. The minimum absolute atomic E-state index is 0.299. The van der Waals surface area contributed by atoms with Crippen LogP contribution in [-0.2, 0) is 6.54 Å². The molecule has 21 heavy (non-hydrogen) atoms. The molecule has 0 amide bonds. The Morgan fingerprint density at radius 2 is 1.86 bits per heavy atom. The van der Waals surface area contributed by atoms with Crippen LogP contribution in [0.4, 0.5) is 0 Å². The van der Waals surface area contributed by atoms with E-state index in [4.69, 9.17) is 12.2 Å². The van der Waals surface area contributed by atoms with Gasteiger partial charge in [0.25, 0.3) is 0 Å². The summed E-state index contributed by atoms with van der Waals surface area (Å²) in [5, 5.41) is 7.87. The van der Waals surface area contributed by atoms with Crippen molar-refractivity contribution < 1.29 is 0 Å². The number of hydrogen-bond donors (Lipinski definition) is 2. The molecule has 4 aliphatic carbocycles. The molecule has 0 saturated heterocycles. The monoisotopic (exact) mass is 301 g/mol. The zero-order valence-electron chi connectivity index (χ0n) is 12.3. The minimum Gasteiger partial charge on any atom is -0.359 e. The average Bonchev–Trinajstić information content (AvgIpc) is 2.44. The van der Waals surface area contributed by atoms with Gasteiger partial charge in [-0.3, -0.25) is 4.98 Å². The van der Waals surface area contributed by atoms with Crippen molar-refractivity contribution in [2.45, 2.75) is 50.6 Å². The first-order valence-corrected chi connectivity index (χ1v) is 8.56. The first-order valence-electron chi connectivity index (χ1n) is 8.16. The lowest BCUT2D eigenvalue weighted by atomic mass is 9.53. The van der Waals surface area contributed by atoms with Gasteiger partial charge in [0.2, 0.25) is 0 Å². The lowest BCUT2D eigenvalue weighted by Gasteiger charge is -2.57. The van der Waals surface area contributed by atoms with Gasteiger partial charge in [-0.2, -0.15) is 0 Å². The second-order valence-corrected chi connectivity index (χ2v) is 7.78. The zero-order chi connectivity index (χ0) is 14.3. The molecule has 1 heterocycles. The molecule has 3 nitrogen and oxygen atoms in total. The highest BCUT2D eigenvalue weighted by molar-refractivity contribution is 7.80. The maximum atomic E-state index is 5.55. The van der Waals surface area contributed by atoms with Gasteiger partial charge in [0.1, 0.15) is 0 Å². The van der Waals surface area contributed by atoms with Crippen LogP contribution in [0.2, 0.25) is 0 Å². The van der Waals surface area contributed by atoms with Crippen molar-refractivity contribution in [3.8, 4) is 0 Å². The first-order chi connectivity index (χ1) is 10.2. The molecule has 0 spiro atoms. The van der Waals surface area contributed by atoms with Crippen molar-refractivity contribution in [3.63, 3.8) is 0 Å². The Morgan fingerprint density at radius 1 is 1.19 bits per heavy atom. The van der Waals surface area contributed by atoms with E-state index in [-0.39, 0.29) is 0 Å². The van der Waals surface area contributed by atoms with Gasteiger partial charge < -0.3 is 10.6 Å². The fourth-order valence-corrected chi connectivity index (χ4v) is 5.52. The van der Waals surface area contributed by atoms with Crippen molar-refractivity contribution in [1.29, 1.82) is 0 Å². The van der Waals surface area contributed by atoms with Gasteiger partial charge in [0.15, 0.2) is 5.11 Å². The fraction of sp³-hybridized carbons (Fsp3) is 0.647. The number of hydrogen-bond acceptors (Lipinski definition) is 2. The van der Waals surface area contributed by atoms with Crippen LogP contribution >= 0.6 is 12.2 Å². The number of nitrogens with one attached hydrogen (secondary N) is 2. The third-order valence-corrected chi connectivity index (χ3v) is 5.84. The summed E-state index contributed by atoms with van der Waals surface area (Å²) >= 11 is 5.55. The van der Waals surface area contributed by atoms with Crippen LogP contribution in [-0.4, -0.2) is 15.6 Å². The molecule has 112 valence electrons. The lowest BCUT2D eigenvalue weighted by molar-refractivity contribution is -0.0101. The smallest absolute Gasteiger partial charge is 0.166 e. The van der Waals surface area contributed by atoms with E-state index in [1.165, 1.54) is 44.1 Å². The minimum atomic E-state index is 0.299. The zero-order valence-corrected chi connectivity index (χ0v) is 13.2. The van der Waals surface area contributed by atoms with E-state index in [2.05, 4.69) is 21.7 Å². The molecule has 1 aromatic rings. The molecule has 4 aliphatic rings. The average molecular weight is 301 g/mol. The van der Waals surface area contributed by atoms with Crippen LogP contribution in [0, 0.1) is 17.8 Å². The number of pyridine rings is 1. The number of nitrogens with zero attached hydrogens (tertiary/aromatic N) is 1. The Morgan fingerprint density at radius 3 is 2.43 bits per heavy atom. The topological polar surface area (TPSA) is 37.0 Å². The van der Waals surface area contributed by atoms with Crippen LogP contribution in [0.1, 0.15) is 44.1 Å². The first kappa shape index (κ1) is 13.5. The molecule has 0 aromatic carbocycles. The van der Waals surface area contributed by atoms with Gasteiger partial charge >= 0.3 is 0 Å². The summed E-state index contributed by atoms with van der Waals surface area (Å²) in [7, 11) is 0. The molecule has 0 atom stereocenters. The second-order valence-electron chi connectivity index (χ2n) is 7.37. The third kappa shape index (κ3) is 2.78. The van der Waals surface area contributed by atoms with Crippen molar-refractivity contribution in [2.75, 3.05) is 0 Å². The predicted octanol–water partition coefficient (Wildman–Crippen LogP) is 3.01. The molecular weight excluding hydrogens is 278 g/mol. The van der Waals surface area contributed by atoms with Gasteiger partial charge in [-0.15, -0.1) is 0 Å². The molecule has 5 rings (SSSR count). The third-order valence-electron chi connectivity index (χ3n) is 5.59. The molecule has 4 fully saturated rings. The van der Waals surface area contributed by atoms with Crippen molar-refractivity contribution in [1.82, 2.24) is 15.6 Å². The van der Waals surface area contributed by atoms with E-state index in [1.807, 2.05) is 12.3 Å². The van der Waals surface area contributed by atoms with Gasteiger partial charge in [-0.05, 0) is 80.1 Å². The molecule has 1 aromatic heterocycles. The molecular formula is C17H23N3S. The quantitative estimate of drug-likeness (QED) is 0.842. The summed E-state index contributed by atoms with van der Waals surface area (Å²) in [5.41, 5.74) is 1.47. The lowest BCUT2D eigenvalue weighted by Crippen LogP contribution is -2.61. The van der Waals surface area contributed by atoms with Gasteiger partial charge in [0, 0.05) is 24.5 Å². The Labute approximate surface area is 131 Å². The highest BCUT2D eigenvalue weighted by Crippen LogP contribution is 2.55. The highest BCUT2D eigenvalue weighted by Gasteiger charge is 2.51. The summed E-state index contributed by atoms with van der Waals surface area (Å²) in [5.74, 6) is 2.85. The van der Waals surface area contributed by atoms with E-state index >= 15 is 0 Å². The Hall–Kier alpha value is -1.16. The molecule has 4 heteroatoms. The van der Waals surface area contributed by atoms with E-state index in [9.17, 15) is 0 Å². The maximum Gasteiger partial charge on any atom is 0.166 e. The molecule has 4 saturated carbocycles. The normalized spacial score (nSPS) is 36.5. The van der Waals surface area contributed by atoms with Gasteiger partial charge in [-0.1, -0.05) is 6.07 Å². The predicted molar refractivity (Wildman–Crippen MR) is 87.7 cm³/mol. The Kier molecular flexibility index (Phi) is 3.37. The summed E-state index contributed by atoms with van der Waals surface area (Å²) < 4.78 is 0. The van der Waals surface area contributed by atoms with Crippen molar-refractivity contribution in [3.05, 3.63) is 30.1 Å². The molecule has 0 aliphatic heterocycles. The summed E-state index contributed by atoms with van der Waals surface area (Å²) in [6.45, 7) is 0.756. The maximum absolute atomic E-state index is 5.55. The van der Waals surface area contributed by atoms with Crippen molar-refractivity contribution in [2.24, 2.45) is 17.8 Å². The van der Waals surface area contributed by atoms with Crippen LogP contribution < -0.4 is 10.6 Å². The summed E-state index contributed by atoms with van der Waals surface area (Å²) in [6.07, 6.45) is 12.1. The largest absolute Gasteiger partial charge is 0.359 e. The van der Waals surface area contributed by atoms with Crippen LogP contribution in [0.3, 0.4) is 0 Å². The van der Waals surface area contributed by atoms with E-state index < -0.39 is 0 Å². The Bertz CT molecular complexity index is 493. The highest BCUT2D eigenvalue weighted by atomic mass is 32.1. The van der Waals surface area contributed by atoms with E-state index in [1.54, 1.807) is 6.20 Å². The SMILES string of the molecule is S=C(NCc1cccnc1)NC12CC3CC(CC(C3)C1)C2.